The van der Waals surface area contributed by atoms with Gasteiger partial charge in [-0.15, -0.1) is 0 Å². The molecule has 124 valence electrons. The van der Waals surface area contributed by atoms with Crippen LogP contribution < -0.4 is 10.5 Å². The van der Waals surface area contributed by atoms with E-state index in [1.807, 2.05) is 54.6 Å². The summed E-state index contributed by atoms with van der Waals surface area (Å²) in [7, 11) is 0. The zero-order valence-electron chi connectivity index (χ0n) is 14.0. The van der Waals surface area contributed by atoms with Crippen LogP contribution in [0.5, 0.6) is 5.75 Å². The molecule has 0 spiro atoms. The Hall–Kier alpha value is -3.27. The van der Waals surface area contributed by atoms with Crippen LogP contribution in [0.4, 0.5) is 5.69 Å². The Morgan fingerprint density at radius 1 is 1.00 bits per heavy atom. The Labute approximate surface area is 146 Å². The minimum atomic E-state index is 0.525. The second-order valence-corrected chi connectivity index (χ2v) is 6.07. The number of benzene rings is 3. The number of rotatable bonds is 4. The standard InChI is InChI=1S/C21H19N3O/c1-14-6-2-3-7-15(14)13-25-20-9-5-4-8-17(20)21-23-18-11-10-16(22)12-19(18)24-21/h2-12H,13,22H2,1H3,(H,23,24). The zero-order chi connectivity index (χ0) is 17.2. The number of aryl methyl sites for hydroxylation is 1. The number of imidazole rings is 1. The van der Waals surface area contributed by atoms with Crippen LogP contribution in [0.1, 0.15) is 11.1 Å². The van der Waals surface area contributed by atoms with Crippen molar-refractivity contribution in [2.75, 3.05) is 5.73 Å². The van der Waals surface area contributed by atoms with Crippen molar-refractivity contribution in [3.63, 3.8) is 0 Å². The van der Waals surface area contributed by atoms with E-state index in [0.717, 1.165) is 28.2 Å². The number of ether oxygens (including phenoxy) is 1. The highest BCUT2D eigenvalue weighted by molar-refractivity contribution is 5.83. The number of nitrogen functional groups attached to an aromatic ring is 1. The van der Waals surface area contributed by atoms with E-state index in [2.05, 4.69) is 29.0 Å². The Morgan fingerprint density at radius 2 is 1.80 bits per heavy atom. The average Bonchev–Trinajstić information content (AvgIpc) is 3.04. The molecule has 0 bridgehead atoms. The smallest absolute Gasteiger partial charge is 0.142 e. The van der Waals surface area contributed by atoms with Crippen molar-refractivity contribution in [3.05, 3.63) is 77.9 Å². The third-order valence-electron chi connectivity index (χ3n) is 4.29. The van der Waals surface area contributed by atoms with Gasteiger partial charge in [0.2, 0.25) is 0 Å². The van der Waals surface area contributed by atoms with Gasteiger partial charge in [0, 0.05) is 5.69 Å². The summed E-state index contributed by atoms with van der Waals surface area (Å²) in [5.74, 6) is 1.58. The zero-order valence-corrected chi connectivity index (χ0v) is 14.0. The molecular weight excluding hydrogens is 310 g/mol. The Morgan fingerprint density at radius 3 is 2.68 bits per heavy atom. The molecule has 0 fully saturated rings. The predicted octanol–water partition coefficient (Wildman–Crippen LogP) is 4.70. The molecule has 0 aliphatic rings. The summed E-state index contributed by atoms with van der Waals surface area (Å²) in [5, 5.41) is 0. The van der Waals surface area contributed by atoms with E-state index in [1.165, 1.54) is 11.1 Å². The number of fused-ring (bicyclic) bond motifs is 1. The van der Waals surface area contributed by atoms with Crippen molar-refractivity contribution in [2.24, 2.45) is 0 Å². The van der Waals surface area contributed by atoms with Crippen molar-refractivity contribution in [1.82, 2.24) is 9.97 Å². The van der Waals surface area contributed by atoms with Crippen molar-refractivity contribution < 1.29 is 4.74 Å². The highest BCUT2D eigenvalue weighted by atomic mass is 16.5. The fourth-order valence-corrected chi connectivity index (χ4v) is 2.87. The van der Waals surface area contributed by atoms with Crippen LogP contribution in [-0.2, 0) is 6.61 Å². The molecule has 25 heavy (non-hydrogen) atoms. The second-order valence-electron chi connectivity index (χ2n) is 6.07. The topological polar surface area (TPSA) is 63.9 Å². The first-order valence-electron chi connectivity index (χ1n) is 8.22. The number of nitrogens with one attached hydrogen (secondary N) is 1. The van der Waals surface area contributed by atoms with E-state index >= 15 is 0 Å². The minimum Gasteiger partial charge on any atom is -0.488 e. The number of aromatic nitrogens is 2. The monoisotopic (exact) mass is 329 g/mol. The number of nitrogens with two attached hydrogens (primary N) is 1. The fourth-order valence-electron chi connectivity index (χ4n) is 2.87. The van der Waals surface area contributed by atoms with Crippen LogP contribution >= 0.6 is 0 Å². The van der Waals surface area contributed by atoms with Gasteiger partial charge in [-0.25, -0.2) is 4.98 Å². The molecule has 1 heterocycles. The first-order valence-corrected chi connectivity index (χ1v) is 8.22. The molecule has 0 amide bonds. The molecule has 0 unspecified atom stereocenters. The number of hydrogen-bond acceptors (Lipinski definition) is 3. The van der Waals surface area contributed by atoms with Gasteiger partial charge in [0.25, 0.3) is 0 Å². The second kappa shape index (κ2) is 6.32. The highest BCUT2D eigenvalue weighted by Gasteiger charge is 2.11. The van der Waals surface area contributed by atoms with E-state index in [9.17, 15) is 0 Å². The number of nitrogens with zero attached hydrogens (tertiary/aromatic N) is 1. The molecule has 3 N–H and O–H groups in total. The lowest BCUT2D eigenvalue weighted by Crippen LogP contribution is -1.99. The Kier molecular flexibility index (Phi) is 3.86. The average molecular weight is 329 g/mol. The molecule has 0 aliphatic heterocycles. The lowest BCUT2D eigenvalue weighted by molar-refractivity contribution is 0.306. The van der Waals surface area contributed by atoms with Crippen LogP contribution in [0.2, 0.25) is 0 Å². The van der Waals surface area contributed by atoms with Crippen molar-refractivity contribution in [2.45, 2.75) is 13.5 Å². The number of aromatic amines is 1. The van der Waals surface area contributed by atoms with Gasteiger partial charge in [0.05, 0.1) is 16.6 Å². The van der Waals surface area contributed by atoms with Gasteiger partial charge in [-0.2, -0.15) is 0 Å². The van der Waals surface area contributed by atoms with Crippen LogP contribution in [-0.4, -0.2) is 9.97 Å². The van der Waals surface area contributed by atoms with Crippen LogP contribution in [0.25, 0.3) is 22.4 Å². The summed E-state index contributed by atoms with van der Waals surface area (Å²) >= 11 is 0. The highest BCUT2D eigenvalue weighted by Crippen LogP contribution is 2.30. The minimum absolute atomic E-state index is 0.525. The van der Waals surface area contributed by atoms with E-state index in [-0.39, 0.29) is 0 Å². The van der Waals surface area contributed by atoms with Gasteiger partial charge in [-0.05, 0) is 48.4 Å². The van der Waals surface area contributed by atoms with E-state index in [4.69, 9.17) is 10.5 Å². The number of hydrogen-bond donors (Lipinski definition) is 2. The maximum atomic E-state index is 6.09. The Balaban J connectivity index is 1.67. The summed E-state index contributed by atoms with van der Waals surface area (Å²) in [6.45, 7) is 2.62. The molecular formula is C21H19N3O. The molecule has 1 aromatic heterocycles. The lowest BCUT2D eigenvalue weighted by Gasteiger charge is -2.11. The SMILES string of the molecule is Cc1ccccc1COc1ccccc1-c1nc2ccc(N)cc2[nH]1. The lowest BCUT2D eigenvalue weighted by atomic mass is 10.1. The molecule has 3 aromatic carbocycles. The van der Waals surface area contributed by atoms with E-state index in [0.29, 0.717) is 12.3 Å². The largest absolute Gasteiger partial charge is 0.488 e. The van der Waals surface area contributed by atoms with Gasteiger partial charge >= 0.3 is 0 Å². The summed E-state index contributed by atoms with van der Waals surface area (Å²) in [4.78, 5) is 8.00. The first-order chi connectivity index (χ1) is 12.2. The number of para-hydroxylation sites is 1. The Bertz CT molecular complexity index is 1040. The molecule has 4 aromatic rings. The van der Waals surface area contributed by atoms with Gasteiger partial charge < -0.3 is 15.5 Å². The predicted molar refractivity (Wildman–Crippen MR) is 101 cm³/mol. The van der Waals surface area contributed by atoms with Gasteiger partial charge in [-0.1, -0.05) is 36.4 Å². The van der Waals surface area contributed by atoms with Crippen molar-refractivity contribution in [1.29, 1.82) is 0 Å². The van der Waals surface area contributed by atoms with Crippen LogP contribution in [0.15, 0.2) is 66.7 Å². The first kappa shape index (κ1) is 15.3. The van der Waals surface area contributed by atoms with Crippen LogP contribution in [0, 0.1) is 6.92 Å². The van der Waals surface area contributed by atoms with Gasteiger partial charge in [0.15, 0.2) is 0 Å². The molecule has 4 heteroatoms. The van der Waals surface area contributed by atoms with Crippen LogP contribution in [0.3, 0.4) is 0 Å². The van der Waals surface area contributed by atoms with E-state index < -0.39 is 0 Å². The van der Waals surface area contributed by atoms with Gasteiger partial charge in [-0.3, -0.25) is 0 Å². The molecule has 0 radical (unpaired) electrons. The summed E-state index contributed by atoms with van der Waals surface area (Å²) < 4.78 is 6.09. The molecule has 0 saturated carbocycles. The summed E-state index contributed by atoms with van der Waals surface area (Å²) in [5.41, 5.74) is 11.7. The molecule has 4 rings (SSSR count). The quantitative estimate of drug-likeness (QED) is 0.533. The normalized spacial score (nSPS) is 10.9. The fraction of sp³-hybridized carbons (Fsp3) is 0.0952. The third-order valence-corrected chi connectivity index (χ3v) is 4.29. The number of anilines is 1. The van der Waals surface area contributed by atoms with Crippen molar-refractivity contribution in [3.8, 4) is 17.1 Å². The van der Waals surface area contributed by atoms with Crippen molar-refractivity contribution >= 4 is 16.7 Å². The third kappa shape index (κ3) is 3.06. The summed E-state index contributed by atoms with van der Waals surface area (Å²) in [6, 6.07) is 21.8. The molecule has 0 saturated heterocycles. The molecule has 4 nitrogen and oxygen atoms in total. The van der Waals surface area contributed by atoms with Gasteiger partial charge in [0.1, 0.15) is 18.2 Å². The maximum absolute atomic E-state index is 6.09. The number of H-pyrrole nitrogens is 1. The molecule has 0 aliphatic carbocycles. The summed E-state index contributed by atoms with van der Waals surface area (Å²) in [6.07, 6.45) is 0. The molecule has 0 atom stereocenters. The van der Waals surface area contributed by atoms with E-state index in [1.54, 1.807) is 0 Å². The maximum Gasteiger partial charge on any atom is 0.142 e.